The van der Waals surface area contributed by atoms with Gasteiger partial charge < -0.3 is 14.2 Å². The van der Waals surface area contributed by atoms with Crippen LogP contribution in [0.5, 0.6) is 0 Å². The van der Waals surface area contributed by atoms with Crippen LogP contribution in [0.3, 0.4) is 0 Å². The maximum atomic E-state index is 16.2. The van der Waals surface area contributed by atoms with Gasteiger partial charge in [-0.15, -0.1) is 0 Å². The zero-order valence-electron chi connectivity index (χ0n) is 26.2. The van der Waals surface area contributed by atoms with Crippen LogP contribution in [0.25, 0.3) is 0 Å². The van der Waals surface area contributed by atoms with Crippen molar-refractivity contribution in [2.45, 2.75) is 70.9 Å². The first kappa shape index (κ1) is 39.5. The predicted molar refractivity (Wildman–Crippen MR) is 167 cm³/mol. The van der Waals surface area contributed by atoms with Gasteiger partial charge in [-0.1, -0.05) is 70.2 Å². The van der Waals surface area contributed by atoms with Crippen LogP contribution in [0.1, 0.15) is 33.1 Å². The average Bonchev–Trinajstić information content (AvgIpc) is 3.05. The van der Waals surface area contributed by atoms with Crippen molar-refractivity contribution in [2.75, 3.05) is 13.2 Å². The number of rotatable bonds is 16. The van der Waals surface area contributed by atoms with Crippen molar-refractivity contribution >= 4 is 29.9 Å². The fraction of sp³-hybridized carbons (Fsp3) is 0.333. The van der Waals surface area contributed by atoms with E-state index in [1.807, 2.05) is 0 Å². The molecule has 3 rings (SSSR count). The Balaban J connectivity index is 1.98. The molecule has 0 saturated heterocycles. The van der Waals surface area contributed by atoms with Gasteiger partial charge in [-0.2, -0.15) is 30.7 Å². The maximum absolute atomic E-state index is 16.2. The second-order valence-electron chi connectivity index (χ2n) is 10.5. The van der Waals surface area contributed by atoms with Crippen LogP contribution in [0.2, 0.25) is 0 Å². The molecule has 0 heterocycles. The third-order valence-electron chi connectivity index (χ3n) is 6.99. The van der Waals surface area contributed by atoms with Crippen molar-refractivity contribution in [1.82, 2.24) is 0 Å². The van der Waals surface area contributed by atoms with Gasteiger partial charge in [0.15, 0.2) is 0 Å². The topological polar surface area (TPSA) is 96.0 Å². The van der Waals surface area contributed by atoms with E-state index in [0.717, 1.165) is 13.8 Å². The van der Waals surface area contributed by atoms with E-state index < -0.39 is 91.1 Å². The van der Waals surface area contributed by atoms with Gasteiger partial charge in [0, 0.05) is 26.7 Å². The van der Waals surface area contributed by atoms with Gasteiger partial charge >= 0.3 is 35.1 Å². The number of carbonyl (C=O) groups is 2. The van der Waals surface area contributed by atoms with Crippen LogP contribution in [0, 0.1) is 0 Å². The van der Waals surface area contributed by atoms with E-state index in [9.17, 15) is 31.2 Å². The molecule has 1 unspecified atom stereocenters. The number of hydrogen-bond donors (Lipinski definition) is 0. The molecule has 0 radical (unpaired) electrons. The second kappa shape index (κ2) is 15.3. The number of unbranched alkanes of at least 4 members (excludes halogenated alkanes) is 1. The zero-order chi connectivity index (χ0) is 36.7. The van der Waals surface area contributed by atoms with E-state index in [0.29, 0.717) is 0 Å². The molecule has 0 amide bonds. The fourth-order valence-electron chi connectivity index (χ4n) is 4.60. The third kappa shape index (κ3) is 7.50. The van der Waals surface area contributed by atoms with Gasteiger partial charge in [0.05, 0.1) is 13.2 Å². The normalized spacial score (nSPS) is 14.4. The summed E-state index contributed by atoms with van der Waals surface area (Å²) in [4.78, 5) is 23.8. The van der Waals surface area contributed by atoms with Gasteiger partial charge in [-0.3, -0.25) is 0 Å². The molecule has 16 heteroatoms. The molecule has 49 heavy (non-hydrogen) atoms. The smallest absolute Gasteiger partial charge is 0.461 e. The molecule has 3 aromatic carbocycles. The van der Waals surface area contributed by atoms with Crippen LogP contribution >= 0.6 is 9.06 Å². The number of carbonyl (C=O) groups excluding carboxylic acids is 2. The monoisotopic (exact) mass is 738 g/mol. The third-order valence-corrected chi connectivity index (χ3v) is 15.7. The summed E-state index contributed by atoms with van der Waals surface area (Å²) in [6.07, 6.45) is -9.39. The van der Waals surface area contributed by atoms with Crippen LogP contribution in [-0.4, -0.2) is 56.7 Å². The number of alkyl halides is 7. The Bertz CT molecular complexity index is 1610. The second-order valence-corrected chi connectivity index (χ2v) is 17.2. The van der Waals surface area contributed by atoms with Crippen molar-refractivity contribution in [3.63, 3.8) is 0 Å². The lowest BCUT2D eigenvalue weighted by atomic mass is 10.1. The highest BCUT2D eigenvalue weighted by atomic mass is 33.2. The standard InChI is InChI=1S/C33H33F7O7S2/c1-4-45-29(42)31(32(36,37)38,47-28(41)24(2)3)46-23-15-14-22-30(34,35)33(39,40)49(43,44)48(25-16-8-5-9-17-25,26-18-10-6-11-19-26)27-20-12-7-13-21-27/h5-13,16-21H,2,4,14-15,22-23H2,1,3H3. The summed E-state index contributed by atoms with van der Waals surface area (Å²) >= 11 is 0. The van der Waals surface area contributed by atoms with E-state index >= 15 is 17.6 Å². The molecule has 0 aliphatic carbocycles. The summed E-state index contributed by atoms with van der Waals surface area (Å²) in [5, 5.41) is -5.71. The molecule has 268 valence electrons. The number of hydrogen-bond acceptors (Lipinski definition) is 7. The summed E-state index contributed by atoms with van der Waals surface area (Å²) in [6, 6.07) is 20.4. The molecular weight excluding hydrogens is 705 g/mol. The lowest BCUT2D eigenvalue weighted by molar-refractivity contribution is -0.354. The highest BCUT2D eigenvalue weighted by Gasteiger charge is 2.71. The van der Waals surface area contributed by atoms with Crippen LogP contribution in [-0.2, 0) is 32.7 Å². The van der Waals surface area contributed by atoms with E-state index in [4.69, 9.17) is 0 Å². The number of benzene rings is 3. The Kier molecular flexibility index (Phi) is 12.4. The quantitative estimate of drug-likeness (QED) is 0.0363. The molecule has 0 aliphatic rings. The number of ether oxygens (including phenoxy) is 3. The molecule has 0 saturated carbocycles. The van der Waals surface area contributed by atoms with E-state index in [2.05, 4.69) is 20.8 Å². The minimum absolute atomic E-state index is 0.164. The Labute approximate surface area is 279 Å². The van der Waals surface area contributed by atoms with Crippen molar-refractivity contribution < 1.29 is 63.0 Å². The molecule has 0 aromatic heterocycles. The fourth-order valence-corrected chi connectivity index (χ4v) is 13.2. The lowest BCUT2D eigenvalue weighted by Crippen LogP contribution is -2.58. The van der Waals surface area contributed by atoms with Crippen LogP contribution in [0.15, 0.2) is 118 Å². The highest BCUT2D eigenvalue weighted by molar-refractivity contribution is 8.90. The van der Waals surface area contributed by atoms with Gasteiger partial charge in [-0.25, -0.2) is 18.0 Å². The zero-order valence-corrected chi connectivity index (χ0v) is 27.9. The first-order chi connectivity index (χ1) is 22.8. The van der Waals surface area contributed by atoms with Gasteiger partial charge in [0.1, 0.15) is 0 Å². The molecule has 0 N–H and O–H groups in total. The Morgan fingerprint density at radius 3 is 1.53 bits per heavy atom. The van der Waals surface area contributed by atoms with Crippen LogP contribution < -0.4 is 0 Å². The predicted octanol–water partition coefficient (Wildman–Crippen LogP) is 8.65. The molecular formula is C33H33F7O7S2. The molecule has 0 spiro atoms. The number of esters is 2. The van der Waals surface area contributed by atoms with Crippen LogP contribution in [0.4, 0.5) is 30.7 Å². The van der Waals surface area contributed by atoms with Gasteiger partial charge in [0.2, 0.25) is 0 Å². The largest absolute Gasteiger partial charge is 0.468 e. The maximum Gasteiger partial charge on any atom is 0.468 e. The van der Waals surface area contributed by atoms with Gasteiger partial charge in [0.25, 0.3) is 8.87 Å². The first-order valence-corrected chi connectivity index (χ1v) is 18.2. The highest BCUT2D eigenvalue weighted by Crippen LogP contribution is 2.76. The summed E-state index contributed by atoms with van der Waals surface area (Å²) in [7, 11) is -10.4. The SMILES string of the molecule is C=C(C)C(=O)OC(OCCCCC(F)(F)C(F)(F)S(=O)(=O)S(c1ccccc1)(c1ccccc1)c1ccccc1)(C(=O)OCC)C(F)(F)F. The molecule has 0 fully saturated rings. The van der Waals surface area contributed by atoms with E-state index in [1.54, 1.807) is 0 Å². The molecule has 0 aliphatic heterocycles. The molecule has 7 nitrogen and oxygen atoms in total. The van der Waals surface area contributed by atoms with E-state index in [-0.39, 0.29) is 14.7 Å². The average molecular weight is 739 g/mol. The summed E-state index contributed by atoms with van der Waals surface area (Å²) in [5.74, 6) is -13.4. The Hall–Kier alpha value is -3.89. The molecule has 0 bridgehead atoms. The van der Waals surface area contributed by atoms with Crippen molar-refractivity contribution in [3.8, 4) is 0 Å². The van der Waals surface area contributed by atoms with E-state index in [1.165, 1.54) is 91.0 Å². The summed E-state index contributed by atoms with van der Waals surface area (Å²) in [5.41, 5.74) is -0.552. The van der Waals surface area contributed by atoms with Crippen molar-refractivity contribution in [2.24, 2.45) is 0 Å². The minimum atomic E-state index is -6.21. The van der Waals surface area contributed by atoms with Gasteiger partial charge in [-0.05, 0) is 63.1 Å². The summed E-state index contributed by atoms with van der Waals surface area (Å²) < 4.78 is 148. The number of halogens is 7. The Morgan fingerprint density at radius 1 is 0.735 bits per heavy atom. The lowest BCUT2D eigenvalue weighted by Gasteiger charge is -2.43. The molecule has 1 atom stereocenters. The minimum Gasteiger partial charge on any atom is -0.461 e. The molecule has 3 aromatic rings. The summed E-state index contributed by atoms with van der Waals surface area (Å²) in [6.45, 7) is 3.45. The van der Waals surface area contributed by atoms with Crippen molar-refractivity contribution in [1.29, 1.82) is 0 Å². The Morgan fingerprint density at radius 2 is 1.16 bits per heavy atom. The van der Waals surface area contributed by atoms with Crippen molar-refractivity contribution in [3.05, 3.63) is 103 Å². The first-order valence-electron chi connectivity index (χ1n) is 14.6.